The summed E-state index contributed by atoms with van der Waals surface area (Å²) >= 11 is 0. The van der Waals surface area contributed by atoms with E-state index in [9.17, 15) is 8.78 Å². The number of nitrogens with one attached hydrogen (secondary N) is 1. The fourth-order valence-corrected chi connectivity index (χ4v) is 0.863. The molecule has 1 atom stereocenters. The summed E-state index contributed by atoms with van der Waals surface area (Å²) in [5, 5.41) is 19.8. The molecule has 1 heterocycles. The van der Waals surface area contributed by atoms with Gasteiger partial charge in [-0.15, -0.1) is 0 Å². The van der Waals surface area contributed by atoms with Crippen molar-refractivity contribution in [3.8, 4) is 6.07 Å². The molecule has 0 aliphatic carbocycles. The van der Waals surface area contributed by atoms with Crippen LogP contribution in [0, 0.1) is 11.3 Å². The Labute approximate surface area is 85.2 Å². The maximum atomic E-state index is 11.9. The van der Waals surface area contributed by atoms with E-state index in [1.165, 1.54) is 18.3 Å². The summed E-state index contributed by atoms with van der Waals surface area (Å²) in [6.45, 7) is -0.281. The Bertz CT molecular complexity index is 347. The molecule has 0 aromatic carbocycles. The highest BCUT2D eigenvalue weighted by atomic mass is 19.3. The SMILES string of the molecule is N#Cc1ccc(NCC(O)C(F)F)nc1. The van der Waals surface area contributed by atoms with E-state index >= 15 is 0 Å². The molecule has 4 nitrogen and oxygen atoms in total. The molecule has 1 aromatic heterocycles. The van der Waals surface area contributed by atoms with Gasteiger partial charge in [0.05, 0.1) is 5.56 Å². The predicted octanol–water partition coefficient (Wildman–Crippen LogP) is 0.991. The van der Waals surface area contributed by atoms with Gasteiger partial charge in [0.15, 0.2) is 0 Å². The Morgan fingerprint density at radius 3 is 2.73 bits per heavy atom. The van der Waals surface area contributed by atoms with Crippen LogP contribution in [0.5, 0.6) is 0 Å². The highest BCUT2D eigenvalue weighted by Crippen LogP contribution is 2.06. The fourth-order valence-electron chi connectivity index (χ4n) is 0.863. The number of hydrogen-bond acceptors (Lipinski definition) is 4. The van der Waals surface area contributed by atoms with Gasteiger partial charge < -0.3 is 10.4 Å². The number of nitriles is 1. The van der Waals surface area contributed by atoms with E-state index in [1.807, 2.05) is 6.07 Å². The van der Waals surface area contributed by atoms with Gasteiger partial charge in [-0.3, -0.25) is 0 Å². The zero-order chi connectivity index (χ0) is 11.3. The van der Waals surface area contributed by atoms with Crippen molar-refractivity contribution in [3.05, 3.63) is 23.9 Å². The molecule has 0 aliphatic rings. The third-order valence-electron chi connectivity index (χ3n) is 1.68. The average Bonchev–Trinajstić information content (AvgIpc) is 2.26. The van der Waals surface area contributed by atoms with Gasteiger partial charge in [-0.2, -0.15) is 5.26 Å². The average molecular weight is 213 g/mol. The Balaban J connectivity index is 2.48. The molecule has 1 unspecified atom stereocenters. The molecule has 0 amide bonds. The van der Waals surface area contributed by atoms with Crippen molar-refractivity contribution in [3.63, 3.8) is 0 Å². The van der Waals surface area contributed by atoms with Crippen molar-refractivity contribution in [2.45, 2.75) is 12.5 Å². The number of aromatic nitrogens is 1. The van der Waals surface area contributed by atoms with Crippen LogP contribution in [0.1, 0.15) is 5.56 Å². The molecule has 1 aromatic rings. The third-order valence-corrected chi connectivity index (χ3v) is 1.68. The Morgan fingerprint density at radius 2 is 2.27 bits per heavy atom. The normalized spacial score (nSPS) is 12.2. The van der Waals surface area contributed by atoms with Gasteiger partial charge >= 0.3 is 0 Å². The molecule has 1 rings (SSSR count). The summed E-state index contributed by atoms with van der Waals surface area (Å²) in [5.74, 6) is 0.341. The minimum Gasteiger partial charge on any atom is -0.385 e. The van der Waals surface area contributed by atoms with Gasteiger partial charge in [0.2, 0.25) is 0 Å². The summed E-state index contributed by atoms with van der Waals surface area (Å²) < 4.78 is 23.8. The van der Waals surface area contributed by atoms with Crippen molar-refractivity contribution in [2.75, 3.05) is 11.9 Å². The van der Waals surface area contributed by atoms with Crippen LogP contribution in [0.15, 0.2) is 18.3 Å². The molecular formula is C9H9F2N3O. The van der Waals surface area contributed by atoms with Crippen LogP contribution in [0.3, 0.4) is 0 Å². The summed E-state index contributed by atoms with van der Waals surface area (Å²) in [4.78, 5) is 3.79. The van der Waals surface area contributed by atoms with Crippen LogP contribution < -0.4 is 5.32 Å². The largest absolute Gasteiger partial charge is 0.385 e. The number of pyridine rings is 1. The monoisotopic (exact) mass is 213 g/mol. The molecule has 2 N–H and O–H groups in total. The lowest BCUT2D eigenvalue weighted by Gasteiger charge is -2.10. The number of nitrogens with zero attached hydrogens (tertiary/aromatic N) is 2. The second-order valence-corrected chi connectivity index (χ2v) is 2.83. The van der Waals surface area contributed by atoms with E-state index in [0.717, 1.165) is 0 Å². The number of aliphatic hydroxyl groups is 1. The molecule has 0 fully saturated rings. The second kappa shape index (κ2) is 5.22. The van der Waals surface area contributed by atoms with Crippen molar-refractivity contribution in [2.24, 2.45) is 0 Å². The van der Waals surface area contributed by atoms with E-state index in [-0.39, 0.29) is 6.54 Å². The first-order chi connectivity index (χ1) is 7.13. The van der Waals surface area contributed by atoms with Crippen molar-refractivity contribution in [1.82, 2.24) is 4.98 Å². The van der Waals surface area contributed by atoms with Gasteiger partial charge in [-0.1, -0.05) is 0 Å². The quantitative estimate of drug-likeness (QED) is 0.782. The summed E-state index contributed by atoms with van der Waals surface area (Å²) in [7, 11) is 0. The summed E-state index contributed by atoms with van der Waals surface area (Å²) in [5.41, 5.74) is 0.384. The predicted molar refractivity (Wildman–Crippen MR) is 49.5 cm³/mol. The van der Waals surface area contributed by atoms with Crippen LogP contribution in [-0.4, -0.2) is 29.2 Å². The number of alkyl halides is 2. The number of anilines is 1. The van der Waals surface area contributed by atoms with E-state index in [4.69, 9.17) is 10.4 Å². The van der Waals surface area contributed by atoms with Gasteiger partial charge in [-0.25, -0.2) is 13.8 Å². The van der Waals surface area contributed by atoms with Gasteiger partial charge in [0.1, 0.15) is 18.0 Å². The Morgan fingerprint density at radius 1 is 1.53 bits per heavy atom. The molecular weight excluding hydrogens is 204 g/mol. The minimum atomic E-state index is -2.78. The highest BCUT2D eigenvalue weighted by Gasteiger charge is 2.15. The van der Waals surface area contributed by atoms with E-state index in [1.54, 1.807) is 0 Å². The lowest BCUT2D eigenvalue weighted by Crippen LogP contribution is -2.27. The second-order valence-electron chi connectivity index (χ2n) is 2.83. The topological polar surface area (TPSA) is 68.9 Å². The first kappa shape index (κ1) is 11.3. The first-order valence-electron chi connectivity index (χ1n) is 4.19. The number of halogens is 2. The van der Waals surface area contributed by atoms with Gasteiger partial charge in [0.25, 0.3) is 6.43 Å². The van der Waals surface area contributed by atoms with Crippen molar-refractivity contribution < 1.29 is 13.9 Å². The maximum Gasteiger partial charge on any atom is 0.265 e. The minimum absolute atomic E-state index is 0.281. The number of hydrogen-bond donors (Lipinski definition) is 2. The summed E-state index contributed by atoms with van der Waals surface area (Å²) in [6.07, 6.45) is -3.18. The molecule has 15 heavy (non-hydrogen) atoms. The molecule has 0 radical (unpaired) electrons. The zero-order valence-electron chi connectivity index (χ0n) is 7.69. The third kappa shape index (κ3) is 3.48. The van der Waals surface area contributed by atoms with Crippen LogP contribution in [0.25, 0.3) is 0 Å². The fraction of sp³-hybridized carbons (Fsp3) is 0.333. The maximum absolute atomic E-state index is 11.9. The van der Waals surface area contributed by atoms with Crippen LogP contribution in [0.2, 0.25) is 0 Å². The lowest BCUT2D eigenvalue weighted by molar-refractivity contribution is 0.00381. The smallest absolute Gasteiger partial charge is 0.265 e. The zero-order valence-corrected chi connectivity index (χ0v) is 7.69. The molecule has 0 saturated heterocycles. The molecule has 80 valence electrons. The molecule has 0 bridgehead atoms. The van der Waals surface area contributed by atoms with E-state index in [0.29, 0.717) is 11.4 Å². The standard InChI is InChI=1S/C9H9F2N3O/c10-9(11)7(15)5-14-8-2-1-6(3-12)4-13-8/h1-2,4,7,9,15H,5H2,(H,13,14). The van der Waals surface area contributed by atoms with Crippen LogP contribution in [-0.2, 0) is 0 Å². The Kier molecular flexibility index (Phi) is 3.94. The lowest BCUT2D eigenvalue weighted by atomic mass is 10.3. The Hall–Kier alpha value is -1.74. The van der Waals surface area contributed by atoms with Gasteiger partial charge in [-0.05, 0) is 12.1 Å². The van der Waals surface area contributed by atoms with Crippen molar-refractivity contribution >= 4 is 5.82 Å². The van der Waals surface area contributed by atoms with Crippen LogP contribution >= 0.6 is 0 Å². The van der Waals surface area contributed by atoms with Crippen LogP contribution in [0.4, 0.5) is 14.6 Å². The van der Waals surface area contributed by atoms with E-state index in [2.05, 4.69) is 10.3 Å². The van der Waals surface area contributed by atoms with E-state index < -0.39 is 12.5 Å². The highest BCUT2D eigenvalue weighted by molar-refractivity contribution is 5.38. The van der Waals surface area contributed by atoms with Gasteiger partial charge in [0, 0.05) is 12.7 Å². The molecule has 6 heteroatoms. The van der Waals surface area contributed by atoms with Crippen molar-refractivity contribution in [1.29, 1.82) is 5.26 Å². The number of aliphatic hydroxyl groups excluding tert-OH is 1. The summed E-state index contributed by atoms with van der Waals surface area (Å²) in [6, 6.07) is 4.86. The number of rotatable bonds is 4. The molecule has 0 aliphatic heterocycles. The molecule has 0 saturated carbocycles. The molecule has 0 spiro atoms. The first-order valence-corrected chi connectivity index (χ1v) is 4.19.